The van der Waals surface area contributed by atoms with Gasteiger partial charge in [-0.2, -0.15) is 0 Å². The molecule has 3 rings (SSSR count). The molecule has 2 heterocycles. The zero-order valence-corrected chi connectivity index (χ0v) is 13.4. The van der Waals surface area contributed by atoms with Gasteiger partial charge in [-0.25, -0.2) is 0 Å². The first-order valence-electron chi connectivity index (χ1n) is 7.86. The van der Waals surface area contributed by atoms with Crippen molar-refractivity contribution in [2.24, 2.45) is 0 Å². The maximum Gasteiger partial charge on any atom is 0.123 e. The van der Waals surface area contributed by atoms with Crippen molar-refractivity contribution >= 4 is 0 Å². The topological polar surface area (TPSA) is 24.9 Å². The van der Waals surface area contributed by atoms with Crippen molar-refractivity contribution in [1.82, 2.24) is 9.80 Å². The van der Waals surface area contributed by atoms with Gasteiger partial charge < -0.3 is 9.47 Å². The predicted molar refractivity (Wildman–Crippen MR) is 83.7 cm³/mol. The molecule has 1 fully saturated rings. The van der Waals surface area contributed by atoms with E-state index < -0.39 is 0 Å². The molecule has 2 aliphatic rings. The van der Waals surface area contributed by atoms with Crippen LogP contribution in [-0.2, 0) is 24.2 Å². The molecule has 1 aromatic rings. The second kappa shape index (κ2) is 6.34. The number of morpholine rings is 1. The number of hydrogen-bond donors (Lipinski definition) is 0. The van der Waals surface area contributed by atoms with Crippen LogP contribution < -0.4 is 4.74 Å². The van der Waals surface area contributed by atoms with Crippen LogP contribution in [0.4, 0.5) is 0 Å². The molecule has 0 saturated carbocycles. The number of likely N-dealkylation sites (N-methyl/N-ethyl adjacent to an activating group) is 1. The Balaban J connectivity index is 1.84. The lowest BCUT2D eigenvalue weighted by Gasteiger charge is -2.33. The van der Waals surface area contributed by atoms with Gasteiger partial charge in [-0.05, 0) is 37.6 Å². The first kappa shape index (κ1) is 14.8. The molecule has 0 bridgehead atoms. The van der Waals surface area contributed by atoms with Gasteiger partial charge in [-0.1, -0.05) is 6.07 Å². The van der Waals surface area contributed by atoms with Crippen LogP contribution in [0.1, 0.15) is 23.6 Å². The lowest BCUT2D eigenvalue weighted by atomic mass is 9.92. The van der Waals surface area contributed by atoms with Crippen LogP contribution in [0.2, 0.25) is 0 Å². The van der Waals surface area contributed by atoms with Crippen molar-refractivity contribution in [2.45, 2.75) is 32.5 Å². The van der Waals surface area contributed by atoms with Crippen molar-refractivity contribution < 1.29 is 9.47 Å². The molecule has 2 aliphatic heterocycles. The second-order valence-electron chi connectivity index (χ2n) is 6.29. The van der Waals surface area contributed by atoms with Gasteiger partial charge in [0.2, 0.25) is 0 Å². The molecule has 0 amide bonds. The highest BCUT2D eigenvalue weighted by Gasteiger charge is 2.22. The predicted octanol–water partition coefficient (Wildman–Crippen LogP) is 1.90. The van der Waals surface area contributed by atoms with Crippen molar-refractivity contribution in [2.75, 3.05) is 40.5 Å². The third-order valence-electron chi connectivity index (χ3n) is 4.79. The summed E-state index contributed by atoms with van der Waals surface area (Å²) in [6, 6.07) is 5.22. The zero-order valence-electron chi connectivity index (χ0n) is 13.4. The molecule has 4 heteroatoms. The van der Waals surface area contributed by atoms with E-state index in [4.69, 9.17) is 9.47 Å². The fourth-order valence-corrected chi connectivity index (χ4v) is 3.27. The summed E-state index contributed by atoms with van der Waals surface area (Å²) in [5, 5.41) is 0. The quantitative estimate of drug-likeness (QED) is 0.849. The summed E-state index contributed by atoms with van der Waals surface area (Å²) in [5.41, 5.74) is 4.22. The average molecular weight is 290 g/mol. The fraction of sp³-hybridized carbons (Fsp3) is 0.647. The number of hydrogen-bond acceptors (Lipinski definition) is 4. The standard InChI is InChI=1S/C17H26N2O2/c1-13-8-14-9-16(12-19-4-6-21-7-5-19)17(20-3)10-15(14)11-18(13)2/h9-10,13H,4-8,11-12H2,1-3H3. The molecule has 0 radical (unpaired) electrons. The number of methoxy groups -OCH3 is 1. The Morgan fingerprint density at radius 1 is 1.24 bits per heavy atom. The van der Waals surface area contributed by atoms with E-state index in [1.165, 1.54) is 16.7 Å². The fourth-order valence-electron chi connectivity index (χ4n) is 3.27. The van der Waals surface area contributed by atoms with E-state index in [2.05, 4.69) is 35.9 Å². The summed E-state index contributed by atoms with van der Waals surface area (Å²) in [5.74, 6) is 1.03. The number of rotatable bonds is 3. The Labute approximate surface area is 127 Å². The molecule has 0 N–H and O–H groups in total. The summed E-state index contributed by atoms with van der Waals surface area (Å²) < 4.78 is 11.1. The largest absolute Gasteiger partial charge is 0.496 e. The minimum Gasteiger partial charge on any atom is -0.496 e. The molecule has 1 saturated heterocycles. The molecule has 1 aromatic carbocycles. The Kier molecular flexibility index (Phi) is 4.48. The highest BCUT2D eigenvalue weighted by atomic mass is 16.5. The Bertz CT molecular complexity index is 498. The van der Waals surface area contributed by atoms with Gasteiger partial charge in [0.25, 0.3) is 0 Å². The van der Waals surface area contributed by atoms with Crippen LogP contribution in [-0.4, -0.2) is 56.3 Å². The van der Waals surface area contributed by atoms with Crippen molar-refractivity contribution in [3.63, 3.8) is 0 Å². The molecular weight excluding hydrogens is 264 g/mol. The highest BCUT2D eigenvalue weighted by Crippen LogP contribution is 2.30. The lowest BCUT2D eigenvalue weighted by Crippen LogP contribution is -2.36. The monoisotopic (exact) mass is 290 g/mol. The molecule has 1 atom stereocenters. The Hall–Kier alpha value is -1.10. The third kappa shape index (κ3) is 3.23. The molecule has 21 heavy (non-hydrogen) atoms. The maximum absolute atomic E-state index is 5.64. The SMILES string of the molecule is COc1cc2c(cc1CN1CCOCC1)CC(C)N(C)C2. The second-order valence-corrected chi connectivity index (χ2v) is 6.29. The normalized spacial score (nSPS) is 23.9. The van der Waals surface area contributed by atoms with E-state index in [1.54, 1.807) is 7.11 Å². The van der Waals surface area contributed by atoms with E-state index in [1.807, 2.05) is 0 Å². The molecule has 0 spiro atoms. The zero-order chi connectivity index (χ0) is 14.8. The molecule has 1 unspecified atom stereocenters. The van der Waals surface area contributed by atoms with E-state index in [9.17, 15) is 0 Å². The van der Waals surface area contributed by atoms with Gasteiger partial charge in [0.15, 0.2) is 0 Å². The van der Waals surface area contributed by atoms with Crippen LogP contribution in [0.15, 0.2) is 12.1 Å². The smallest absolute Gasteiger partial charge is 0.123 e. The summed E-state index contributed by atoms with van der Waals surface area (Å²) in [4.78, 5) is 4.86. The number of fused-ring (bicyclic) bond motifs is 1. The molecule has 4 nitrogen and oxygen atoms in total. The average Bonchev–Trinajstić information content (AvgIpc) is 2.49. The minimum absolute atomic E-state index is 0.613. The van der Waals surface area contributed by atoms with Gasteiger partial charge in [0.05, 0.1) is 20.3 Å². The van der Waals surface area contributed by atoms with Crippen LogP contribution >= 0.6 is 0 Å². The van der Waals surface area contributed by atoms with Crippen molar-refractivity contribution in [3.05, 3.63) is 28.8 Å². The summed E-state index contributed by atoms with van der Waals surface area (Å²) in [6.07, 6.45) is 1.13. The van der Waals surface area contributed by atoms with Crippen molar-refractivity contribution in [3.8, 4) is 5.75 Å². The highest BCUT2D eigenvalue weighted by molar-refractivity contribution is 5.44. The van der Waals surface area contributed by atoms with E-state index >= 15 is 0 Å². The Morgan fingerprint density at radius 2 is 2.00 bits per heavy atom. The van der Waals surface area contributed by atoms with Crippen LogP contribution in [0, 0.1) is 0 Å². The number of benzene rings is 1. The first-order chi connectivity index (χ1) is 10.2. The summed E-state index contributed by atoms with van der Waals surface area (Å²) in [7, 11) is 3.97. The minimum atomic E-state index is 0.613. The Morgan fingerprint density at radius 3 is 2.71 bits per heavy atom. The van der Waals surface area contributed by atoms with E-state index in [-0.39, 0.29) is 0 Å². The van der Waals surface area contributed by atoms with Crippen LogP contribution in [0.5, 0.6) is 5.75 Å². The van der Waals surface area contributed by atoms with Gasteiger partial charge in [-0.15, -0.1) is 0 Å². The maximum atomic E-state index is 5.64. The third-order valence-corrected chi connectivity index (χ3v) is 4.79. The van der Waals surface area contributed by atoms with Gasteiger partial charge in [0.1, 0.15) is 5.75 Å². The van der Waals surface area contributed by atoms with Gasteiger partial charge in [0, 0.05) is 37.8 Å². The first-order valence-corrected chi connectivity index (χ1v) is 7.86. The van der Waals surface area contributed by atoms with Crippen molar-refractivity contribution in [1.29, 1.82) is 0 Å². The molecular formula is C17H26N2O2. The molecule has 116 valence electrons. The molecule has 0 aliphatic carbocycles. The summed E-state index contributed by atoms with van der Waals surface area (Å²) >= 11 is 0. The number of nitrogens with zero attached hydrogens (tertiary/aromatic N) is 2. The van der Waals surface area contributed by atoms with Gasteiger partial charge >= 0.3 is 0 Å². The van der Waals surface area contributed by atoms with Gasteiger partial charge in [-0.3, -0.25) is 9.80 Å². The molecule has 0 aromatic heterocycles. The van der Waals surface area contributed by atoms with Crippen LogP contribution in [0.25, 0.3) is 0 Å². The number of ether oxygens (including phenoxy) is 2. The summed E-state index contributed by atoms with van der Waals surface area (Å²) in [6.45, 7) is 7.99. The van der Waals surface area contributed by atoms with E-state index in [0.717, 1.165) is 51.6 Å². The van der Waals surface area contributed by atoms with E-state index in [0.29, 0.717) is 6.04 Å². The van der Waals surface area contributed by atoms with Crippen LogP contribution in [0.3, 0.4) is 0 Å². The lowest BCUT2D eigenvalue weighted by molar-refractivity contribution is 0.0338.